The van der Waals surface area contributed by atoms with Crippen molar-refractivity contribution >= 4 is 38.9 Å². The van der Waals surface area contributed by atoms with Crippen LogP contribution in [0.4, 0.5) is 13.2 Å². The molecule has 240 valence electrons. The minimum absolute atomic E-state index is 0.0448. The molecule has 1 N–H and O–H groups in total. The summed E-state index contributed by atoms with van der Waals surface area (Å²) >= 11 is 3.69. The number of carbonyl (C=O) groups is 2. The number of ketones is 2. The largest absolute Gasteiger partial charge is 0.429 e. The Morgan fingerprint density at radius 2 is 1.91 bits per heavy atom. The van der Waals surface area contributed by atoms with E-state index in [9.17, 15) is 22.8 Å². The summed E-state index contributed by atoms with van der Waals surface area (Å²) in [4.78, 5) is 35.9. The number of hydrogen-bond acceptors (Lipinski definition) is 5. The molecule has 2 unspecified atom stereocenters. The lowest BCUT2D eigenvalue weighted by molar-refractivity contribution is -0.115. The third-order valence-corrected chi connectivity index (χ3v) is 9.06. The van der Waals surface area contributed by atoms with Gasteiger partial charge in [0.05, 0.1) is 6.04 Å². The average Bonchev–Trinajstić information content (AvgIpc) is 3.25. The fourth-order valence-corrected chi connectivity index (χ4v) is 6.33. The number of rotatable bonds is 16. The predicted molar refractivity (Wildman–Crippen MR) is 177 cm³/mol. The highest BCUT2D eigenvalue weighted by Crippen LogP contribution is 2.35. The molecule has 3 rings (SSSR count). The minimum atomic E-state index is -4.48. The smallest absolute Gasteiger partial charge is 0.320 e. The molecule has 2 aliphatic rings. The van der Waals surface area contributed by atoms with Crippen molar-refractivity contribution in [3.8, 4) is 0 Å². The molecule has 1 heterocycles. The highest BCUT2D eigenvalue weighted by atomic mass is 79.9. The number of aryl methyl sites for hydroxylation is 2. The molecule has 44 heavy (non-hydrogen) atoms. The van der Waals surface area contributed by atoms with Gasteiger partial charge in [0.1, 0.15) is 5.71 Å². The Kier molecular flexibility index (Phi) is 14.0. The van der Waals surface area contributed by atoms with Gasteiger partial charge in [-0.2, -0.15) is 13.2 Å². The van der Waals surface area contributed by atoms with Gasteiger partial charge in [0, 0.05) is 42.7 Å². The number of halogens is 4. The van der Waals surface area contributed by atoms with Gasteiger partial charge >= 0.3 is 6.18 Å². The van der Waals surface area contributed by atoms with Crippen LogP contribution in [0.5, 0.6) is 0 Å². The van der Waals surface area contributed by atoms with Gasteiger partial charge in [-0.25, -0.2) is 0 Å². The lowest BCUT2D eigenvalue weighted by atomic mass is 9.86. The molecule has 1 aromatic carbocycles. The second kappa shape index (κ2) is 17.2. The monoisotopic (exact) mass is 675 g/mol. The Labute approximate surface area is 268 Å². The third kappa shape index (κ3) is 10.5. The Morgan fingerprint density at radius 3 is 2.61 bits per heavy atom. The fraction of sp³-hybridized carbons (Fsp3) is 0.543. The molecule has 1 aromatic rings. The van der Waals surface area contributed by atoms with E-state index in [0.29, 0.717) is 42.7 Å². The number of aliphatic imine (C=N–C) groups is 2. The van der Waals surface area contributed by atoms with E-state index in [4.69, 9.17) is 4.99 Å². The molecule has 0 radical (unpaired) electrons. The van der Waals surface area contributed by atoms with Crippen molar-refractivity contribution in [3.05, 3.63) is 68.7 Å². The zero-order valence-corrected chi connectivity index (χ0v) is 27.9. The number of carbonyl (C=O) groups excluding carboxylic acids is 2. The van der Waals surface area contributed by atoms with Gasteiger partial charge < -0.3 is 5.32 Å². The first kappa shape index (κ1) is 35.8. The molecule has 0 spiro atoms. The summed E-state index contributed by atoms with van der Waals surface area (Å²) in [6, 6.07) is 3.46. The summed E-state index contributed by atoms with van der Waals surface area (Å²) in [7, 11) is 1.70. The first-order chi connectivity index (χ1) is 20.9. The minimum Gasteiger partial charge on any atom is -0.320 e. The van der Waals surface area contributed by atoms with Crippen molar-refractivity contribution in [2.75, 3.05) is 20.1 Å². The number of nitrogens with zero attached hydrogens (tertiary/aromatic N) is 2. The van der Waals surface area contributed by atoms with Crippen LogP contribution in [0.25, 0.3) is 0 Å². The predicted octanol–water partition coefficient (Wildman–Crippen LogP) is 8.57. The van der Waals surface area contributed by atoms with Gasteiger partial charge in [0.15, 0.2) is 11.6 Å². The second-order valence-corrected chi connectivity index (χ2v) is 12.7. The van der Waals surface area contributed by atoms with Crippen molar-refractivity contribution in [1.29, 1.82) is 0 Å². The van der Waals surface area contributed by atoms with Gasteiger partial charge in [-0.3, -0.25) is 19.6 Å². The van der Waals surface area contributed by atoms with Crippen molar-refractivity contribution < 1.29 is 22.8 Å². The number of unbranched alkanes of at least 4 members (excludes halogenated alkanes) is 1. The maximum absolute atomic E-state index is 14.0. The van der Waals surface area contributed by atoms with E-state index < -0.39 is 17.9 Å². The lowest BCUT2D eigenvalue weighted by Crippen LogP contribution is -2.24. The summed E-state index contributed by atoms with van der Waals surface area (Å²) in [5.74, 6) is 0.0932. The zero-order chi connectivity index (χ0) is 32.3. The topological polar surface area (TPSA) is 70.9 Å². The molecule has 0 saturated carbocycles. The van der Waals surface area contributed by atoms with Crippen LogP contribution in [0.1, 0.15) is 91.8 Å². The average molecular weight is 677 g/mol. The standard InChI is InChI=1S/C35H45BrF3N3O2/c1-5-6-13-32(43)28-19-23(2)18-24(3)27(28)22-33(44)29-21-26(15-17-41-34(35(37,38)39)14-10-16-40-4)42-31(29)20-25-11-8-7-9-12-30(25)36/h7,9,12,18-19,21,25,31,40H,5-6,8,10-11,13-17,20,22H2,1-4H3. The van der Waals surface area contributed by atoms with Crippen LogP contribution in [0.3, 0.4) is 0 Å². The van der Waals surface area contributed by atoms with Crippen molar-refractivity contribution in [2.24, 2.45) is 15.9 Å². The van der Waals surface area contributed by atoms with E-state index in [-0.39, 0.29) is 43.3 Å². The van der Waals surface area contributed by atoms with E-state index in [1.165, 1.54) is 0 Å². The van der Waals surface area contributed by atoms with Crippen LogP contribution >= 0.6 is 15.9 Å². The van der Waals surface area contributed by atoms with Crippen molar-refractivity contribution in [3.63, 3.8) is 0 Å². The number of benzene rings is 1. The highest BCUT2D eigenvalue weighted by Gasteiger charge is 2.35. The van der Waals surface area contributed by atoms with Crippen LogP contribution in [-0.2, 0) is 11.2 Å². The number of Topliss-reactive ketones (excluding diaryl/α,β-unsaturated/α-hetero) is 2. The summed E-state index contributed by atoms with van der Waals surface area (Å²) in [5, 5.41) is 2.87. The summed E-state index contributed by atoms with van der Waals surface area (Å²) in [6.45, 7) is 6.35. The van der Waals surface area contributed by atoms with E-state index in [1.807, 2.05) is 45.1 Å². The maximum atomic E-state index is 14.0. The summed E-state index contributed by atoms with van der Waals surface area (Å²) < 4.78 is 41.7. The quantitative estimate of drug-likeness (QED) is 0.108. The molecule has 0 aromatic heterocycles. The normalized spacial score (nSPS) is 19.0. The molecular formula is C35H45BrF3N3O2. The van der Waals surface area contributed by atoms with Crippen LogP contribution in [0.15, 0.2) is 56.5 Å². The van der Waals surface area contributed by atoms with Crippen LogP contribution < -0.4 is 5.32 Å². The Balaban J connectivity index is 1.87. The van der Waals surface area contributed by atoms with Gasteiger partial charge in [-0.15, -0.1) is 0 Å². The van der Waals surface area contributed by atoms with Crippen molar-refractivity contribution in [1.82, 2.24) is 5.32 Å². The number of allylic oxidation sites excluding steroid dienone is 5. The SMILES string of the molecule is CCCCC(=O)c1cc(C)cc(C)c1CC(=O)C1=CC(CCN=C(CCCNC)C(F)(F)F)=NC1CC1CCC=CC=C1Br. The Morgan fingerprint density at radius 1 is 1.14 bits per heavy atom. The fourth-order valence-electron chi connectivity index (χ4n) is 5.76. The Bertz CT molecular complexity index is 1340. The molecule has 2 atom stereocenters. The van der Waals surface area contributed by atoms with E-state index in [2.05, 4.69) is 32.3 Å². The van der Waals surface area contributed by atoms with Crippen LogP contribution in [0, 0.1) is 19.8 Å². The number of alkyl halides is 3. The van der Waals surface area contributed by atoms with E-state index >= 15 is 0 Å². The maximum Gasteiger partial charge on any atom is 0.429 e. The molecule has 0 bridgehead atoms. The molecule has 0 saturated heterocycles. The number of nitrogens with one attached hydrogen (secondary N) is 1. The van der Waals surface area contributed by atoms with E-state index in [0.717, 1.165) is 46.9 Å². The molecule has 1 aliphatic heterocycles. The molecular weight excluding hydrogens is 631 g/mol. The van der Waals surface area contributed by atoms with Gasteiger partial charge in [-0.1, -0.05) is 59.1 Å². The highest BCUT2D eigenvalue weighted by molar-refractivity contribution is 9.11. The second-order valence-electron chi connectivity index (χ2n) is 11.7. The first-order valence-electron chi connectivity index (χ1n) is 15.7. The van der Waals surface area contributed by atoms with E-state index in [1.54, 1.807) is 13.1 Å². The van der Waals surface area contributed by atoms with Gasteiger partial charge in [-0.05, 0) is 99.6 Å². The lowest BCUT2D eigenvalue weighted by Gasteiger charge is -2.20. The zero-order valence-electron chi connectivity index (χ0n) is 26.3. The summed E-state index contributed by atoms with van der Waals surface area (Å²) in [5.41, 5.74) is 3.61. The molecule has 5 nitrogen and oxygen atoms in total. The first-order valence-corrected chi connectivity index (χ1v) is 16.5. The molecule has 0 fully saturated rings. The van der Waals surface area contributed by atoms with Gasteiger partial charge in [0.25, 0.3) is 0 Å². The van der Waals surface area contributed by atoms with Crippen molar-refractivity contribution in [2.45, 2.75) is 97.2 Å². The number of hydrogen-bond donors (Lipinski definition) is 1. The molecule has 1 aliphatic carbocycles. The molecule has 9 heteroatoms. The Hall–Kier alpha value is -2.65. The molecule has 0 amide bonds. The third-order valence-electron chi connectivity index (χ3n) is 8.15. The summed E-state index contributed by atoms with van der Waals surface area (Å²) in [6.07, 6.45) is 8.45. The van der Waals surface area contributed by atoms with Gasteiger partial charge in [0.2, 0.25) is 0 Å². The van der Waals surface area contributed by atoms with Crippen LogP contribution in [-0.4, -0.2) is 55.3 Å². The van der Waals surface area contributed by atoms with Crippen LogP contribution in [0.2, 0.25) is 0 Å².